The molecule has 0 spiro atoms. The van der Waals surface area contributed by atoms with Crippen molar-refractivity contribution in [2.45, 2.75) is 13.8 Å². The molecule has 0 aliphatic carbocycles. The average Bonchev–Trinajstić information content (AvgIpc) is 2.34. The van der Waals surface area contributed by atoms with Crippen molar-refractivity contribution in [1.29, 1.82) is 0 Å². The minimum atomic E-state index is -0.474. The highest BCUT2D eigenvalue weighted by atomic mass is 16.6. The fourth-order valence-electron chi connectivity index (χ4n) is 2.03. The summed E-state index contributed by atoms with van der Waals surface area (Å²) < 4.78 is 0. The molecule has 1 rings (SSSR count). The molecular formula is C12H22N6O2. The number of nitrogen functional groups attached to an aromatic ring is 1. The van der Waals surface area contributed by atoms with Crippen LogP contribution in [0.5, 0.6) is 0 Å². The zero-order chi connectivity index (χ0) is 15.3. The lowest BCUT2D eigenvalue weighted by atomic mass is 9.93. The van der Waals surface area contributed by atoms with Crippen molar-refractivity contribution in [2.24, 2.45) is 11.3 Å². The van der Waals surface area contributed by atoms with Crippen LogP contribution in [0.3, 0.4) is 0 Å². The topological polar surface area (TPSA) is 109 Å². The number of rotatable bonds is 7. The number of nitrogens with two attached hydrogens (primary N) is 1. The quantitative estimate of drug-likeness (QED) is 0.392. The SMILES string of the molecule is CN(C)CC(C)(C)CNc1cc([N+](=O)[O-])cc(NN)n1. The Bertz CT molecular complexity index is 475. The van der Waals surface area contributed by atoms with E-state index in [0.29, 0.717) is 12.4 Å². The molecule has 0 saturated heterocycles. The van der Waals surface area contributed by atoms with Crippen LogP contribution in [0.1, 0.15) is 13.8 Å². The number of pyridine rings is 1. The maximum atomic E-state index is 10.8. The minimum absolute atomic E-state index is 0.00606. The molecular weight excluding hydrogens is 260 g/mol. The summed E-state index contributed by atoms with van der Waals surface area (Å²) in [6.45, 7) is 5.75. The van der Waals surface area contributed by atoms with Crippen LogP contribution >= 0.6 is 0 Å². The molecule has 4 N–H and O–H groups in total. The molecule has 0 aliphatic heterocycles. The van der Waals surface area contributed by atoms with E-state index in [4.69, 9.17) is 5.84 Å². The van der Waals surface area contributed by atoms with Gasteiger partial charge >= 0.3 is 0 Å². The van der Waals surface area contributed by atoms with Crippen molar-refractivity contribution in [3.8, 4) is 0 Å². The number of hydrazine groups is 1. The summed E-state index contributed by atoms with van der Waals surface area (Å²) in [5.74, 6) is 5.95. The molecule has 1 heterocycles. The summed E-state index contributed by atoms with van der Waals surface area (Å²) in [6.07, 6.45) is 0. The first-order valence-electron chi connectivity index (χ1n) is 6.25. The molecule has 0 radical (unpaired) electrons. The van der Waals surface area contributed by atoms with Gasteiger partial charge in [0, 0.05) is 13.1 Å². The van der Waals surface area contributed by atoms with Gasteiger partial charge in [-0.1, -0.05) is 13.8 Å². The first-order chi connectivity index (χ1) is 9.23. The van der Waals surface area contributed by atoms with E-state index in [-0.39, 0.29) is 16.9 Å². The Labute approximate surface area is 118 Å². The van der Waals surface area contributed by atoms with Gasteiger partial charge in [0.25, 0.3) is 5.69 Å². The number of hydrogen-bond acceptors (Lipinski definition) is 7. The maximum Gasteiger partial charge on any atom is 0.276 e. The third-order valence-corrected chi connectivity index (χ3v) is 2.66. The highest BCUT2D eigenvalue weighted by Crippen LogP contribution is 2.22. The molecule has 0 atom stereocenters. The molecule has 1 aromatic heterocycles. The number of aromatic nitrogens is 1. The fourth-order valence-corrected chi connectivity index (χ4v) is 2.03. The van der Waals surface area contributed by atoms with Gasteiger partial charge in [0.05, 0.1) is 17.1 Å². The van der Waals surface area contributed by atoms with Crippen LogP contribution in [0.15, 0.2) is 12.1 Å². The van der Waals surface area contributed by atoms with E-state index in [2.05, 4.69) is 34.5 Å². The van der Waals surface area contributed by atoms with Gasteiger partial charge in [-0.2, -0.15) is 0 Å². The van der Waals surface area contributed by atoms with Gasteiger partial charge in [-0.05, 0) is 19.5 Å². The molecule has 8 nitrogen and oxygen atoms in total. The summed E-state index contributed by atoms with van der Waals surface area (Å²) in [5, 5.41) is 14.0. The molecule has 0 aromatic carbocycles. The predicted molar refractivity (Wildman–Crippen MR) is 79.5 cm³/mol. The van der Waals surface area contributed by atoms with Crippen LogP contribution in [-0.2, 0) is 0 Å². The number of nitrogens with one attached hydrogen (secondary N) is 2. The zero-order valence-electron chi connectivity index (χ0n) is 12.3. The van der Waals surface area contributed by atoms with Crippen LogP contribution in [0.25, 0.3) is 0 Å². The van der Waals surface area contributed by atoms with Gasteiger partial charge < -0.3 is 15.6 Å². The molecule has 0 unspecified atom stereocenters. The Morgan fingerprint density at radius 3 is 2.50 bits per heavy atom. The van der Waals surface area contributed by atoms with Crippen LogP contribution in [0.2, 0.25) is 0 Å². The van der Waals surface area contributed by atoms with E-state index in [0.717, 1.165) is 6.54 Å². The Hall–Kier alpha value is -1.93. The van der Waals surface area contributed by atoms with E-state index >= 15 is 0 Å². The summed E-state index contributed by atoms with van der Waals surface area (Å²) in [5.41, 5.74) is 2.28. The number of nitrogens with zero attached hydrogens (tertiary/aromatic N) is 3. The highest BCUT2D eigenvalue weighted by molar-refractivity contribution is 5.54. The summed E-state index contributed by atoms with van der Waals surface area (Å²) in [6, 6.07) is 2.68. The zero-order valence-corrected chi connectivity index (χ0v) is 12.3. The first kappa shape index (κ1) is 16.1. The number of nitro groups is 1. The van der Waals surface area contributed by atoms with Gasteiger partial charge in [0.2, 0.25) is 0 Å². The molecule has 8 heteroatoms. The van der Waals surface area contributed by atoms with Crippen LogP contribution in [-0.4, -0.2) is 42.0 Å². The molecule has 0 bridgehead atoms. The van der Waals surface area contributed by atoms with Crippen molar-refractivity contribution in [3.05, 3.63) is 22.2 Å². The maximum absolute atomic E-state index is 10.8. The van der Waals surface area contributed by atoms with Crippen molar-refractivity contribution in [1.82, 2.24) is 9.88 Å². The van der Waals surface area contributed by atoms with Gasteiger partial charge in [-0.3, -0.25) is 10.1 Å². The van der Waals surface area contributed by atoms with E-state index < -0.39 is 4.92 Å². The molecule has 0 aliphatic rings. The Balaban J connectivity index is 2.82. The fraction of sp³-hybridized carbons (Fsp3) is 0.583. The Morgan fingerprint density at radius 2 is 2.00 bits per heavy atom. The summed E-state index contributed by atoms with van der Waals surface area (Å²) >= 11 is 0. The van der Waals surface area contributed by atoms with E-state index in [1.54, 1.807) is 0 Å². The van der Waals surface area contributed by atoms with Crippen molar-refractivity contribution in [3.63, 3.8) is 0 Å². The summed E-state index contributed by atoms with van der Waals surface area (Å²) in [7, 11) is 4.01. The third-order valence-electron chi connectivity index (χ3n) is 2.66. The van der Waals surface area contributed by atoms with Crippen LogP contribution < -0.4 is 16.6 Å². The monoisotopic (exact) mass is 282 g/mol. The van der Waals surface area contributed by atoms with Crippen molar-refractivity contribution < 1.29 is 4.92 Å². The van der Waals surface area contributed by atoms with Crippen molar-refractivity contribution in [2.75, 3.05) is 37.9 Å². The standard InChI is InChI=1S/C12H22N6O2/c1-12(2,8-17(3)4)7-14-10-5-9(18(19)20)6-11(15-10)16-13/h5-6H,7-8,13H2,1-4H3,(H2,14,15,16). The van der Waals surface area contributed by atoms with E-state index in [9.17, 15) is 10.1 Å². The normalized spacial score (nSPS) is 11.5. The van der Waals surface area contributed by atoms with E-state index in [1.165, 1.54) is 12.1 Å². The Morgan fingerprint density at radius 1 is 1.40 bits per heavy atom. The largest absolute Gasteiger partial charge is 0.369 e. The lowest BCUT2D eigenvalue weighted by Crippen LogP contribution is -2.34. The third kappa shape index (κ3) is 4.98. The molecule has 112 valence electrons. The van der Waals surface area contributed by atoms with Gasteiger partial charge in [0.1, 0.15) is 11.6 Å². The molecule has 20 heavy (non-hydrogen) atoms. The average molecular weight is 282 g/mol. The highest BCUT2D eigenvalue weighted by Gasteiger charge is 2.19. The predicted octanol–water partition coefficient (Wildman–Crippen LogP) is 1.28. The second-order valence-corrected chi connectivity index (χ2v) is 5.75. The van der Waals surface area contributed by atoms with Gasteiger partial charge in [-0.25, -0.2) is 10.8 Å². The lowest BCUT2D eigenvalue weighted by molar-refractivity contribution is -0.384. The Kier molecular flexibility index (Phi) is 5.23. The second kappa shape index (κ2) is 6.49. The number of anilines is 2. The minimum Gasteiger partial charge on any atom is -0.369 e. The molecule has 0 fully saturated rings. The van der Waals surface area contributed by atoms with Crippen molar-refractivity contribution >= 4 is 17.3 Å². The lowest BCUT2D eigenvalue weighted by Gasteiger charge is -2.28. The number of hydrogen-bond donors (Lipinski definition) is 3. The molecule has 1 aromatic rings. The summed E-state index contributed by atoms with van der Waals surface area (Å²) in [4.78, 5) is 16.6. The van der Waals surface area contributed by atoms with Gasteiger partial charge in [-0.15, -0.1) is 0 Å². The van der Waals surface area contributed by atoms with Crippen LogP contribution in [0.4, 0.5) is 17.3 Å². The van der Waals surface area contributed by atoms with E-state index in [1.807, 2.05) is 14.1 Å². The molecule has 0 amide bonds. The molecule has 0 saturated carbocycles. The van der Waals surface area contributed by atoms with Gasteiger partial charge in [0.15, 0.2) is 0 Å². The second-order valence-electron chi connectivity index (χ2n) is 5.75. The first-order valence-corrected chi connectivity index (χ1v) is 6.25. The van der Waals surface area contributed by atoms with Crippen LogP contribution in [0, 0.1) is 15.5 Å². The smallest absolute Gasteiger partial charge is 0.276 e.